The van der Waals surface area contributed by atoms with Crippen molar-refractivity contribution in [3.8, 4) is 17.2 Å². The maximum absolute atomic E-state index is 12.9. The van der Waals surface area contributed by atoms with Gasteiger partial charge in [-0.3, -0.25) is 9.52 Å². The lowest BCUT2D eigenvalue weighted by atomic mass is 10.1. The molecule has 0 aliphatic carbocycles. The van der Waals surface area contributed by atoms with Crippen molar-refractivity contribution >= 4 is 27.3 Å². The van der Waals surface area contributed by atoms with Crippen LogP contribution in [0.5, 0.6) is 17.2 Å². The molecule has 3 aromatic carbocycles. The molecule has 0 saturated carbocycles. The summed E-state index contributed by atoms with van der Waals surface area (Å²) in [6.45, 7) is 3.63. The van der Waals surface area contributed by atoms with Crippen LogP contribution in [0.15, 0.2) is 65.6 Å². The number of carbonyl (C=O) groups excluding carboxylic acids is 1. The molecule has 3 aromatic rings. The zero-order valence-electron chi connectivity index (χ0n) is 18.8. The van der Waals surface area contributed by atoms with Crippen LogP contribution in [0.4, 0.5) is 11.4 Å². The number of hydrogen-bond donors (Lipinski definition) is 2. The number of ether oxygens (including phenoxy) is 3. The Morgan fingerprint density at radius 3 is 2.15 bits per heavy atom. The van der Waals surface area contributed by atoms with Gasteiger partial charge in [-0.25, -0.2) is 8.42 Å². The Labute approximate surface area is 193 Å². The van der Waals surface area contributed by atoms with Gasteiger partial charge < -0.3 is 19.5 Å². The topological polar surface area (TPSA) is 103 Å². The Morgan fingerprint density at radius 1 is 0.848 bits per heavy atom. The van der Waals surface area contributed by atoms with Crippen LogP contribution >= 0.6 is 0 Å². The van der Waals surface area contributed by atoms with Gasteiger partial charge in [0.25, 0.3) is 15.9 Å². The third-order valence-electron chi connectivity index (χ3n) is 4.67. The third-order valence-corrected chi connectivity index (χ3v) is 6.03. The highest BCUT2D eigenvalue weighted by Crippen LogP contribution is 2.30. The number of methoxy groups -OCH3 is 2. The molecule has 0 aromatic heterocycles. The number of rotatable bonds is 9. The molecule has 0 unspecified atom stereocenters. The molecule has 0 aliphatic heterocycles. The number of amides is 1. The van der Waals surface area contributed by atoms with Gasteiger partial charge in [0.1, 0.15) is 17.2 Å². The summed E-state index contributed by atoms with van der Waals surface area (Å²) in [5.74, 6) is 0.810. The summed E-state index contributed by atoms with van der Waals surface area (Å²) in [6.07, 6.45) is 0. The van der Waals surface area contributed by atoms with E-state index in [0.717, 1.165) is 11.1 Å². The summed E-state index contributed by atoms with van der Waals surface area (Å²) in [5.41, 5.74) is 2.54. The van der Waals surface area contributed by atoms with Gasteiger partial charge in [-0.15, -0.1) is 0 Å². The van der Waals surface area contributed by atoms with Gasteiger partial charge >= 0.3 is 0 Å². The molecule has 3 rings (SSSR count). The van der Waals surface area contributed by atoms with Crippen molar-refractivity contribution in [3.63, 3.8) is 0 Å². The minimum absolute atomic E-state index is 0.0558. The molecule has 33 heavy (non-hydrogen) atoms. The number of nitrogens with one attached hydrogen (secondary N) is 2. The first kappa shape index (κ1) is 23.9. The molecule has 0 aliphatic rings. The first-order valence-corrected chi connectivity index (χ1v) is 11.5. The second-order valence-electron chi connectivity index (χ2n) is 7.33. The first-order valence-electron chi connectivity index (χ1n) is 10.1. The van der Waals surface area contributed by atoms with E-state index in [1.807, 2.05) is 32.0 Å². The number of hydrogen-bond acceptors (Lipinski definition) is 6. The van der Waals surface area contributed by atoms with Crippen LogP contribution in [-0.4, -0.2) is 35.2 Å². The lowest BCUT2D eigenvalue weighted by Crippen LogP contribution is -2.21. The number of para-hydroxylation sites is 2. The van der Waals surface area contributed by atoms with Crippen LogP contribution < -0.4 is 24.2 Å². The van der Waals surface area contributed by atoms with Crippen LogP contribution in [-0.2, 0) is 14.8 Å². The predicted octanol–water partition coefficient (Wildman–Crippen LogP) is 4.14. The van der Waals surface area contributed by atoms with Crippen LogP contribution in [0.3, 0.4) is 0 Å². The van der Waals surface area contributed by atoms with E-state index < -0.39 is 15.9 Å². The number of sulfonamides is 1. The molecule has 0 fully saturated rings. The van der Waals surface area contributed by atoms with Crippen LogP contribution in [0, 0.1) is 13.8 Å². The highest BCUT2D eigenvalue weighted by Gasteiger charge is 2.19. The highest BCUT2D eigenvalue weighted by molar-refractivity contribution is 7.92. The van der Waals surface area contributed by atoms with E-state index in [1.165, 1.54) is 32.4 Å². The van der Waals surface area contributed by atoms with E-state index in [1.54, 1.807) is 24.3 Å². The fourth-order valence-electron chi connectivity index (χ4n) is 3.24. The van der Waals surface area contributed by atoms with Crippen molar-refractivity contribution in [1.29, 1.82) is 0 Å². The maximum atomic E-state index is 12.9. The molecule has 0 bridgehead atoms. The predicted molar refractivity (Wildman–Crippen MR) is 127 cm³/mol. The molecule has 174 valence electrons. The normalized spacial score (nSPS) is 10.9. The van der Waals surface area contributed by atoms with Crippen molar-refractivity contribution in [1.82, 2.24) is 0 Å². The van der Waals surface area contributed by atoms with Crippen LogP contribution in [0.1, 0.15) is 11.1 Å². The minimum atomic E-state index is -3.96. The summed E-state index contributed by atoms with van der Waals surface area (Å²) in [4.78, 5) is 12.4. The summed E-state index contributed by atoms with van der Waals surface area (Å²) in [5, 5.41) is 2.65. The molecule has 9 heteroatoms. The molecule has 0 radical (unpaired) electrons. The van der Waals surface area contributed by atoms with E-state index in [-0.39, 0.29) is 17.2 Å². The van der Waals surface area contributed by atoms with Gasteiger partial charge in [0.05, 0.1) is 30.5 Å². The fourth-order valence-corrected chi connectivity index (χ4v) is 4.33. The monoisotopic (exact) mass is 470 g/mol. The van der Waals surface area contributed by atoms with Gasteiger partial charge in [-0.05, 0) is 67.4 Å². The Balaban J connectivity index is 1.77. The van der Waals surface area contributed by atoms with Crippen molar-refractivity contribution in [2.75, 3.05) is 30.9 Å². The highest BCUT2D eigenvalue weighted by atomic mass is 32.2. The minimum Gasteiger partial charge on any atom is -0.495 e. The lowest BCUT2D eigenvalue weighted by molar-refractivity contribution is -0.118. The quantitative estimate of drug-likeness (QED) is 0.487. The number of aryl methyl sites for hydroxylation is 2. The zero-order valence-corrected chi connectivity index (χ0v) is 19.7. The van der Waals surface area contributed by atoms with Gasteiger partial charge in [0.15, 0.2) is 6.61 Å². The lowest BCUT2D eigenvalue weighted by Gasteiger charge is -2.15. The standard InChI is InChI=1S/C24H26N2O6S/c1-16-11-17(2)13-18(12-16)32-15-24(27)25-21-14-19(9-10-23(21)31-4)33(28,29)26-20-7-5-6-8-22(20)30-3/h5-14,26H,15H2,1-4H3,(H,25,27). The SMILES string of the molecule is COc1ccc(S(=O)(=O)Nc2ccccc2OC)cc1NC(=O)COc1cc(C)cc(C)c1. The molecule has 0 saturated heterocycles. The van der Waals surface area contributed by atoms with E-state index in [9.17, 15) is 13.2 Å². The molecule has 2 N–H and O–H groups in total. The Bertz CT molecular complexity index is 1240. The summed E-state index contributed by atoms with van der Waals surface area (Å²) in [6, 6.07) is 16.5. The van der Waals surface area contributed by atoms with E-state index in [0.29, 0.717) is 22.9 Å². The zero-order chi connectivity index (χ0) is 24.0. The van der Waals surface area contributed by atoms with Crippen molar-refractivity contribution in [3.05, 3.63) is 71.8 Å². The van der Waals surface area contributed by atoms with Gasteiger partial charge in [0, 0.05) is 0 Å². The molecular weight excluding hydrogens is 444 g/mol. The van der Waals surface area contributed by atoms with Crippen molar-refractivity contribution < 1.29 is 27.4 Å². The first-order chi connectivity index (χ1) is 15.7. The number of anilines is 2. The number of carbonyl (C=O) groups is 1. The summed E-state index contributed by atoms with van der Waals surface area (Å²) < 4.78 is 44.4. The van der Waals surface area contributed by atoms with Crippen molar-refractivity contribution in [2.24, 2.45) is 0 Å². The summed E-state index contributed by atoms with van der Waals surface area (Å²) in [7, 11) is -1.08. The largest absolute Gasteiger partial charge is 0.495 e. The average molecular weight is 471 g/mol. The Hall–Kier alpha value is -3.72. The maximum Gasteiger partial charge on any atom is 0.262 e. The Kier molecular flexibility index (Phi) is 7.44. The molecule has 0 atom stereocenters. The second-order valence-corrected chi connectivity index (χ2v) is 9.01. The van der Waals surface area contributed by atoms with Crippen LogP contribution in [0.2, 0.25) is 0 Å². The van der Waals surface area contributed by atoms with Crippen LogP contribution in [0.25, 0.3) is 0 Å². The smallest absolute Gasteiger partial charge is 0.262 e. The molecular formula is C24H26N2O6S. The molecule has 0 spiro atoms. The van der Waals surface area contributed by atoms with E-state index >= 15 is 0 Å². The van der Waals surface area contributed by atoms with Gasteiger partial charge in [-0.1, -0.05) is 18.2 Å². The molecule has 0 heterocycles. The summed E-state index contributed by atoms with van der Waals surface area (Å²) >= 11 is 0. The van der Waals surface area contributed by atoms with E-state index in [4.69, 9.17) is 14.2 Å². The van der Waals surface area contributed by atoms with Gasteiger partial charge in [-0.2, -0.15) is 0 Å². The molecule has 1 amide bonds. The fraction of sp³-hybridized carbons (Fsp3) is 0.208. The Morgan fingerprint density at radius 2 is 1.48 bits per heavy atom. The van der Waals surface area contributed by atoms with Crippen molar-refractivity contribution in [2.45, 2.75) is 18.7 Å². The molecule has 8 nitrogen and oxygen atoms in total. The third kappa shape index (κ3) is 6.17. The van der Waals surface area contributed by atoms with Gasteiger partial charge in [0.2, 0.25) is 0 Å². The number of benzene rings is 3. The van der Waals surface area contributed by atoms with E-state index in [2.05, 4.69) is 10.0 Å². The second kappa shape index (κ2) is 10.3. The average Bonchev–Trinajstić information content (AvgIpc) is 2.77.